The topological polar surface area (TPSA) is 38.3 Å². The molecular formula is C17H17ClFNO2S. The Morgan fingerprint density at radius 3 is 2.52 bits per heavy atom. The Bertz CT molecular complexity index is 680. The molecule has 0 unspecified atom stereocenters. The maximum absolute atomic E-state index is 13.2. The summed E-state index contributed by atoms with van der Waals surface area (Å²) in [6.07, 6.45) is 1.19. The Morgan fingerprint density at radius 1 is 1.22 bits per heavy atom. The van der Waals surface area contributed by atoms with Gasteiger partial charge in [0.2, 0.25) is 5.91 Å². The first-order chi connectivity index (χ1) is 11.1. The molecule has 0 spiro atoms. The summed E-state index contributed by atoms with van der Waals surface area (Å²) >= 11 is 7.37. The predicted molar refractivity (Wildman–Crippen MR) is 89.3 cm³/mol. The normalized spacial score (nSPS) is 17.0. The average Bonchev–Trinajstić information content (AvgIpc) is 2.99. The zero-order valence-electron chi connectivity index (χ0n) is 12.5. The second-order valence-electron chi connectivity index (χ2n) is 5.59. The van der Waals surface area contributed by atoms with Gasteiger partial charge in [-0.15, -0.1) is 11.3 Å². The standard InChI is InChI=1S/C17H17ClFNO2S/c18-15-6-5-14(23-15)11-20-16(21)17(7-9-22-10-8-17)12-1-3-13(19)4-2-12/h1-6H,7-11H2,(H,20,21). The largest absolute Gasteiger partial charge is 0.381 e. The van der Waals surface area contributed by atoms with E-state index in [-0.39, 0.29) is 11.7 Å². The number of rotatable bonds is 4. The molecule has 0 aliphatic carbocycles. The molecule has 1 amide bonds. The van der Waals surface area contributed by atoms with Gasteiger partial charge in [0.1, 0.15) is 5.82 Å². The van der Waals surface area contributed by atoms with Crippen LogP contribution in [0.15, 0.2) is 36.4 Å². The lowest BCUT2D eigenvalue weighted by molar-refractivity contribution is -0.130. The highest BCUT2D eigenvalue weighted by Gasteiger charge is 2.41. The van der Waals surface area contributed by atoms with E-state index in [9.17, 15) is 9.18 Å². The molecule has 3 nitrogen and oxygen atoms in total. The Hall–Kier alpha value is -1.43. The van der Waals surface area contributed by atoms with Crippen molar-refractivity contribution in [3.8, 4) is 0 Å². The summed E-state index contributed by atoms with van der Waals surface area (Å²) in [6.45, 7) is 1.49. The SMILES string of the molecule is O=C(NCc1ccc(Cl)s1)C1(c2ccc(F)cc2)CCOCC1. The third-order valence-electron chi connectivity index (χ3n) is 4.23. The molecule has 1 N–H and O–H groups in total. The second-order valence-corrected chi connectivity index (χ2v) is 7.39. The molecule has 1 aromatic heterocycles. The first kappa shape index (κ1) is 16.4. The third kappa shape index (κ3) is 3.57. The quantitative estimate of drug-likeness (QED) is 0.905. The molecule has 1 saturated heterocycles. The van der Waals surface area contributed by atoms with Gasteiger partial charge in [0, 0.05) is 18.1 Å². The smallest absolute Gasteiger partial charge is 0.231 e. The van der Waals surface area contributed by atoms with Crippen molar-refractivity contribution in [3.05, 3.63) is 57.0 Å². The molecule has 1 aliphatic heterocycles. The number of amides is 1. The molecule has 0 saturated carbocycles. The van der Waals surface area contributed by atoms with E-state index in [1.54, 1.807) is 12.1 Å². The van der Waals surface area contributed by atoms with E-state index in [4.69, 9.17) is 16.3 Å². The summed E-state index contributed by atoms with van der Waals surface area (Å²) in [5.41, 5.74) is 0.177. The van der Waals surface area contributed by atoms with Gasteiger partial charge in [-0.1, -0.05) is 23.7 Å². The van der Waals surface area contributed by atoms with Crippen LogP contribution in [0, 0.1) is 5.82 Å². The molecule has 2 aromatic rings. The Morgan fingerprint density at radius 2 is 1.91 bits per heavy atom. The van der Waals surface area contributed by atoms with Gasteiger partial charge >= 0.3 is 0 Å². The van der Waals surface area contributed by atoms with Crippen LogP contribution in [0.2, 0.25) is 4.34 Å². The molecule has 3 rings (SSSR count). The molecule has 1 aromatic carbocycles. The summed E-state index contributed by atoms with van der Waals surface area (Å²) in [5, 5.41) is 3.00. The Kier molecular flexibility index (Phi) is 4.99. The van der Waals surface area contributed by atoms with Crippen LogP contribution in [-0.4, -0.2) is 19.1 Å². The number of benzene rings is 1. The fourth-order valence-corrected chi connectivity index (χ4v) is 3.95. The molecule has 6 heteroatoms. The summed E-state index contributed by atoms with van der Waals surface area (Å²) in [7, 11) is 0. The van der Waals surface area contributed by atoms with E-state index in [0.29, 0.717) is 36.9 Å². The number of halogens is 2. The van der Waals surface area contributed by atoms with Crippen molar-refractivity contribution < 1.29 is 13.9 Å². The van der Waals surface area contributed by atoms with Gasteiger partial charge in [0.25, 0.3) is 0 Å². The average molecular weight is 354 g/mol. The summed E-state index contributed by atoms with van der Waals surface area (Å²) in [4.78, 5) is 13.9. The number of ether oxygens (including phenoxy) is 1. The molecule has 1 fully saturated rings. The molecule has 0 bridgehead atoms. The van der Waals surface area contributed by atoms with Crippen molar-refractivity contribution in [2.75, 3.05) is 13.2 Å². The van der Waals surface area contributed by atoms with E-state index >= 15 is 0 Å². The monoisotopic (exact) mass is 353 g/mol. The summed E-state index contributed by atoms with van der Waals surface area (Å²) < 4.78 is 19.3. The molecule has 1 aliphatic rings. The van der Waals surface area contributed by atoms with Crippen LogP contribution in [0.1, 0.15) is 23.3 Å². The molecule has 0 radical (unpaired) electrons. The highest BCUT2D eigenvalue weighted by Crippen LogP contribution is 2.35. The predicted octanol–water partition coefficient (Wildman–Crippen LogP) is 3.91. The Labute approximate surface area is 143 Å². The lowest BCUT2D eigenvalue weighted by Crippen LogP contribution is -2.47. The van der Waals surface area contributed by atoms with Crippen LogP contribution in [0.5, 0.6) is 0 Å². The van der Waals surface area contributed by atoms with E-state index in [0.717, 1.165) is 10.4 Å². The van der Waals surface area contributed by atoms with Gasteiger partial charge in [0.15, 0.2) is 0 Å². The van der Waals surface area contributed by atoms with Crippen molar-refractivity contribution in [1.82, 2.24) is 5.32 Å². The first-order valence-electron chi connectivity index (χ1n) is 7.46. The van der Waals surface area contributed by atoms with Crippen molar-refractivity contribution in [2.24, 2.45) is 0 Å². The lowest BCUT2D eigenvalue weighted by atomic mass is 9.73. The maximum Gasteiger partial charge on any atom is 0.231 e. The van der Waals surface area contributed by atoms with Gasteiger partial charge in [-0.05, 0) is 42.7 Å². The molecular weight excluding hydrogens is 337 g/mol. The van der Waals surface area contributed by atoms with Crippen molar-refractivity contribution >= 4 is 28.8 Å². The fourth-order valence-electron chi connectivity index (χ4n) is 2.92. The summed E-state index contributed by atoms with van der Waals surface area (Å²) in [5.74, 6) is -0.346. The zero-order chi connectivity index (χ0) is 16.3. The van der Waals surface area contributed by atoms with Crippen LogP contribution in [0.4, 0.5) is 4.39 Å². The van der Waals surface area contributed by atoms with Crippen LogP contribution < -0.4 is 5.32 Å². The molecule has 23 heavy (non-hydrogen) atoms. The zero-order valence-corrected chi connectivity index (χ0v) is 14.1. The van der Waals surface area contributed by atoms with Crippen molar-refractivity contribution in [3.63, 3.8) is 0 Å². The van der Waals surface area contributed by atoms with Crippen LogP contribution >= 0.6 is 22.9 Å². The minimum absolute atomic E-state index is 0.0445. The number of carbonyl (C=O) groups is 1. The van der Waals surface area contributed by atoms with Gasteiger partial charge < -0.3 is 10.1 Å². The number of hydrogen-bond acceptors (Lipinski definition) is 3. The highest BCUT2D eigenvalue weighted by molar-refractivity contribution is 7.16. The van der Waals surface area contributed by atoms with Gasteiger partial charge in [-0.2, -0.15) is 0 Å². The minimum Gasteiger partial charge on any atom is -0.381 e. The van der Waals surface area contributed by atoms with Gasteiger partial charge in [-0.3, -0.25) is 4.79 Å². The summed E-state index contributed by atoms with van der Waals surface area (Å²) in [6, 6.07) is 9.92. The third-order valence-corrected chi connectivity index (χ3v) is 5.46. The molecule has 2 heterocycles. The highest BCUT2D eigenvalue weighted by atomic mass is 35.5. The number of thiophene rings is 1. The van der Waals surface area contributed by atoms with Crippen molar-refractivity contribution in [1.29, 1.82) is 0 Å². The van der Waals surface area contributed by atoms with E-state index in [2.05, 4.69) is 5.32 Å². The van der Waals surface area contributed by atoms with E-state index in [1.807, 2.05) is 12.1 Å². The van der Waals surface area contributed by atoms with Gasteiger partial charge in [-0.25, -0.2) is 4.39 Å². The van der Waals surface area contributed by atoms with Crippen molar-refractivity contribution in [2.45, 2.75) is 24.8 Å². The maximum atomic E-state index is 13.2. The number of hydrogen-bond donors (Lipinski definition) is 1. The van der Waals surface area contributed by atoms with E-state index < -0.39 is 5.41 Å². The molecule has 0 atom stereocenters. The fraction of sp³-hybridized carbons (Fsp3) is 0.353. The first-order valence-corrected chi connectivity index (χ1v) is 8.66. The van der Waals surface area contributed by atoms with E-state index in [1.165, 1.54) is 23.5 Å². The van der Waals surface area contributed by atoms with Crippen LogP contribution in [0.3, 0.4) is 0 Å². The van der Waals surface area contributed by atoms with Crippen LogP contribution in [0.25, 0.3) is 0 Å². The minimum atomic E-state index is -0.660. The number of nitrogens with one attached hydrogen (secondary N) is 1. The lowest BCUT2D eigenvalue weighted by Gasteiger charge is -2.36. The molecule has 122 valence electrons. The van der Waals surface area contributed by atoms with Crippen LogP contribution in [-0.2, 0) is 21.5 Å². The van der Waals surface area contributed by atoms with Gasteiger partial charge in [0.05, 0.1) is 16.3 Å². The number of carbonyl (C=O) groups excluding carboxylic acids is 1. The Balaban J connectivity index is 1.80. The second kappa shape index (κ2) is 6.99.